The maximum Gasteiger partial charge on any atom is 0.163 e. The van der Waals surface area contributed by atoms with E-state index in [2.05, 4.69) is 13.0 Å². The van der Waals surface area contributed by atoms with Crippen LogP contribution in [0.4, 0.5) is 0 Å². The summed E-state index contributed by atoms with van der Waals surface area (Å²) in [5.41, 5.74) is 2.17. The van der Waals surface area contributed by atoms with Crippen LogP contribution >= 0.6 is 0 Å². The molecule has 1 aliphatic carbocycles. The quantitative estimate of drug-likeness (QED) is 0.608. The van der Waals surface area contributed by atoms with Gasteiger partial charge in [-0.2, -0.15) is 0 Å². The van der Waals surface area contributed by atoms with Gasteiger partial charge < -0.3 is 0 Å². The summed E-state index contributed by atoms with van der Waals surface area (Å²) in [4.78, 5) is 11.4. The Bertz CT molecular complexity index is 315. The molecule has 14 heavy (non-hydrogen) atoms. The number of hydrogen-bond acceptors (Lipinski definition) is 1. The summed E-state index contributed by atoms with van der Waals surface area (Å²) < 4.78 is 0. The first kappa shape index (κ1) is 11.0. The Morgan fingerprint density at radius 1 is 1.21 bits per heavy atom. The zero-order valence-electron chi connectivity index (χ0n) is 9.21. The van der Waals surface area contributed by atoms with Crippen molar-refractivity contribution in [2.75, 3.05) is 0 Å². The molecule has 0 fully saturated rings. The Morgan fingerprint density at radius 3 is 2.50 bits per heavy atom. The average molecular weight is 190 g/mol. The zero-order valence-corrected chi connectivity index (χ0v) is 9.21. The lowest BCUT2D eigenvalue weighted by Crippen LogP contribution is -2.13. The number of fused-ring (bicyclic) bond motifs is 1. The second-order valence-electron chi connectivity index (χ2n) is 3.45. The monoisotopic (exact) mass is 190 g/mol. The van der Waals surface area contributed by atoms with Crippen molar-refractivity contribution >= 4 is 5.78 Å². The lowest BCUT2D eigenvalue weighted by atomic mass is 9.83. The summed E-state index contributed by atoms with van der Waals surface area (Å²) >= 11 is 0. The van der Waals surface area contributed by atoms with Crippen molar-refractivity contribution in [3.05, 3.63) is 35.4 Å². The number of carbonyl (C=O) groups is 1. The summed E-state index contributed by atoms with van der Waals surface area (Å²) in [7, 11) is 0. The summed E-state index contributed by atoms with van der Waals surface area (Å²) in [5.74, 6) is 0.864. The van der Waals surface area contributed by atoms with Crippen molar-refractivity contribution in [2.45, 2.75) is 39.5 Å². The number of benzene rings is 1. The molecule has 1 aromatic rings. The van der Waals surface area contributed by atoms with Crippen molar-refractivity contribution in [3.63, 3.8) is 0 Å². The molecule has 0 spiro atoms. The number of carbonyl (C=O) groups excluding carboxylic acids is 1. The minimum atomic E-state index is 0.309. The largest absolute Gasteiger partial charge is 0.294 e. The van der Waals surface area contributed by atoms with E-state index in [9.17, 15) is 4.79 Å². The van der Waals surface area contributed by atoms with E-state index in [1.54, 1.807) is 0 Å². The molecule has 2 rings (SSSR count). The molecule has 0 amide bonds. The molecular formula is C13H18O. The van der Waals surface area contributed by atoms with Gasteiger partial charge >= 0.3 is 0 Å². The predicted octanol–water partition coefficient (Wildman–Crippen LogP) is 3.79. The third-order valence-corrected chi connectivity index (χ3v) is 2.60. The first-order valence-corrected chi connectivity index (χ1v) is 5.41. The number of ketones is 1. The Morgan fingerprint density at radius 2 is 1.86 bits per heavy atom. The van der Waals surface area contributed by atoms with Crippen LogP contribution in [0.3, 0.4) is 0 Å². The Balaban J connectivity index is 0.000000461. The molecule has 0 radical (unpaired) electrons. The van der Waals surface area contributed by atoms with E-state index >= 15 is 0 Å². The maximum absolute atomic E-state index is 11.4. The second-order valence-corrected chi connectivity index (χ2v) is 3.45. The van der Waals surface area contributed by atoms with Gasteiger partial charge in [0.15, 0.2) is 5.78 Å². The highest BCUT2D eigenvalue weighted by molar-refractivity contribution is 5.98. The first-order valence-electron chi connectivity index (χ1n) is 5.41. The molecule has 0 N–H and O–H groups in total. The second kappa shape index (κ2) is 4.94. The first-order chi connectivity index (χ1) is 6.79. The standard InChI is InChI=1S/C11H12O.C2H6/c1-8-6-7-11(12)10-5-3-2-4-9(8)10;1-2/h2-5,8H,6-7H2,1H3;1-2H3. The fraction of sp³-hybridized carbons (Fsp3) is 0.462. The van der Waals surface area contributed by atoms with Gasteiger partial charge in [-0.15, -0.1) is 0 Å². The minimum absolute atomic E-state index is 0.309. The third kappa shape index (κ3) is 2.03. The van der Waals surface area contributed by atoms with Crippen molar-refractivity contribution < 1.29 is 4.79 Å². The molecule has 1 heteroatoms. The molecular weight excluding hydrogens is 172 g/mol. The molecule has 1 unspecified atom stereocenters. The molecule has 0 heterocycles. The molecule has 1 nitrogen and oxygen atoms in total. The van der Waals surface area contributed by atoms with E-state index in [-0.39, 0.29) is 0 Å². The van der Waals surface area contributed by atoms with Crippen molar-refractivity contribution in [3.8, 4) is 0 Å². The van der Waals surface area contributed by atoms with E-state index < -0.39 is 0 Å². The lowest BCUT2D eigenvalue weighted by Gasteiger charge is -2.20. The average Bonchev–Trinajstić information content (AvgIpc) is 2.27. The van der Waals surface area contributed by atoms with Gasteiger partial charge in [0.05, 0.1) is 0 Å². The van der Waals surface area contributed by atoms with Crippen LogP contribution in [0.25, 0.3) is 0 Å². The summed E-state index contributed by atoms with van der Waals surface area (Å²) in [6.45, 7) is 6.19. The predicted molar refractivity (Wildman–Crippen MR) is 59.8 cm³/mol. The fourth-order valence-electron chi connectivity index (χ4n) is 1.82. The molecule has 0 aliphatic heterocycles. The Kier molecular flexibility index (Phi) is 3.87. The Hall–Kier alpha value is -1.11. The van der Waals surface area contributed by atoms with Crippen LogP contribution in [0.2, 0.25) is 0 Å². The topological polar surface area (TPSA) is 17.1 Å². The van der Waals surface area contributed by atoms with E-state index in [1.807, 2.05) is 32.0 Å². The van der Waals surface area contributed by atoms with Crippen LogP contribution < -0.4 is 0 Å². The van der Waals surface area contributed by atoms with E-state index in [0.717, 1.165) is 18.4 Å². The van der Waals surface area contributed by atoms with Crippen LogP contribution in [0.15, 0.2) is 24.3 Å². The van der Waals surface area contributed by atoms with E-state index in [0.29, 0.717) is 11.7 Å². The van der Waals surface area contributed by atoms with Crippen molar-refractivity contribution in [2.24, 2.45) is 0 Å². The summed E-state index contributed by atoms with van der Waals surface area (Å²) in [6.07, 6.45) is 1.73. The molecule has 0 saturated heterocycles. The van der Waals surface area contributed by atoms with Gasteiger partial charge in [-0.3, -0.25) is 4.79 Å². The van der Waals surface area contributed by atoms with Crippen LogP contribution in [-0.4, -0.2) is 5.78 Å². The smallest absolute Gasteiger partial charge is 0.163 e. The van der Waals surface area contributed by atoms with Gasteiger partial charge in [0.1, 0.15) is 0 Å². The van der Waals surface area contributed by atoms with Crippen LogP contribution in [0.5, 0.6) is 0 Å². The van der Waals surface area contributed by atoms with Crippen LogP contribution in [0, 0.1) is 0 Å². The summed E-state index contributed by atoms with van der Waals surface area (Å²) in [5, 5.41) is 0. The molecule has 1 aliphatic rings. The zero-order chi connectivity index (χ0) is 10.6. The van der Waals surface area contributed by atoms with Gasteiger partial charge in [-0.05, 0) is 17.9 Å². The number of rotatable bonds is 0. The summed E-state index contributed by atoms with van der Waals surface area (Å²) in [6, 6.07) is 7.95. The van der Waals surface area contributed by atoms with Crippen LogP contribution in [0.1, 0.15) is 55.5 Å². The SMILES string of the molecule is CC.CC1CCC(=O)c2ccccc21. The third-order valence-electron chi connectivity index (χ3n) is 2.60. The Labute approximate surface area is 86.1 Å². The number of Topliss-reactive ketones (excluding diaryl/α,β-unsaturated/α-hetero) is 1. The van der Waals surface area contributed by atoms with Gasteiger partial charge in [0.25, 0.3) is 0 Å². The molecule has 76 valence electrons. The molecule has 1 atom stereocenters. The van der Waals surface area contributed by atoms with Gasteiger partial charge in [0.2, 0.25) is 0 Å². The van der Waals surface area contributed by atoms with Crippen molar-refractivity contribution in [1.29, 1.82) is 0 Å². The minimum Gasteiger partial charge on any atom is -0.294 e. The lowest BCUT2D eigenvalue weighted by molar-refractivity contribution is 0.0968. The van der Waals surface area contributed by atoms with E-state index in [4.69, 9.17) is 0 Å². The van der Waals surface area contributed by atoms with Crippen LogP contribution in [-0.2, 0) is 0 Å². The van der Waals surface area contributed by atoms with Gasteiger partial charge in [-0.25, -0.2) is 0 Å². The fourth-order valence-corrected chi connectivity index (χ4v) is 1.82. The van der Waals surface area contributed by atoms with Crippen molar-refractivity contribution in [1.82, 2.24) is 0 Å². The highest BCUT2D eigenvalue weighted by Gasteiger charge is 2.21. The highest BCUT2D eigenvalue weighted by Crippen LogP contribution is 2.30. The molecule has 0 saturated carbocycles. The normalized spacial score (nSPS) is 19.4. The van der Waals surface area contributed by atoms with Gasteiger partial charge in [0, 0.05) is 12.0 Å². The maximum atomic E-state index is 11.4. The molecule has 1 aromatic carbocycles. The van der Waals surface area contributed by atoms with E-state index in [1.165, 1.54) is 5.56 Å². The molecule has 0 bridgehead atoms. The number of hydrogen-bond donors (Lipinski definition) is 0. The molecule has 0 aromatic heterocycles. The highest BCUT2D eigenvalue weighted by atomic mass is 16.1. The van der Waals surface area contributed by atoms with Gasteiger partial charge in [-0.1, -0.05) is 45.0 Å².